The van der Waals surface area contributed by atoms with Crippen molar-refractivity contribution in [3.05, 3.63) is 64.5 Å². The molecule has 1 atom stereocenters. The van der Waals surface area contributed by atoms with Crippen molar-refractivity contribution in [2.45, 2.75) is 33.4 Å². The van der Waals surface area contributed by atoms with Gasteiger partial charge in [-0.05, 0) is 50.1 Å². The predicted octanol–water partition coefficient (Wildman–Crippen LogP) is 4.43. The van der Waals surface area contributed by atoms with Gasteiger partial charge in [-0.2, -0.15) is 4.98 Å². The molecule has 1 heterocycles. The number of ether oxygens (including phenoxy) is 1. The smallest absolute Gasteiger partial charge is 0.263 e. The molecule has 2 aromatic carbocycles. The second-order valence-corrected chi connectivity index (χ2v) is 7.05. The van der Waals surface area contributed by atoms with Crippen LogP contribution in [0, 0.1) is 13.8 Å². The average Bonchev–Trinajstić information content (AvgIpc) is 3.13. The Morgan fingerprint density at radius 2 is 1.96 bits per heavy atom. The van der Waals surface area contributed by atoms with Crippen LogP contribution >= 0.6 is 11.6 Å². The quantitative estimate of drug-likeness (QED) is 0.613. The number of amides is 1. The minimum absolute atomic E-state index is 0.177. The number of aryl methyl sites for hydroxylation is 1. The summed E-state index contributed by atoms with van der Waals surface area (Å²) in [4.78, 5) is 18.5. The molecule has 0 aliphatic heterocycles. The third-order valence-electron chi connectivity index (χ3n) is 4.54. The maximum Gasteiger partial charge on any atom is 0.263 e. The van der Waals surface area contributed by atoms with Crippen molar-refractivity contribution in [2.75, 3.05) is 7.05 Å². The van der Waals surface area contributed by atoms with Crippen molar-refractivity contribution in [3.63, 3.8) is 0 Å². The predicted molar refractivity (Wildman–Crippen MR) is 107 cm³/mol. The molecule has 0 aliphatic carbocycles. The van der Waals surface area contributed by atoms with Crippen molar-refractivity contribution in [3.8, 4) is 17.1 Å². The lowest BCUT2D eigenvalue weighted by Gasteiger charge is -2.21. The van der Waals surface area contributed by atoms with Gasteiger partial charge in [0, 0.05) is 12.6 Å². The monoisotopic (exact) mass is 399 g/mol. The Labute approximate surface area is 169 Å². The number of hydrogen-bond donors (Lipinski definition) is 0. The van der Waals surface area contributed by atoms with Gasteiger partial charge in [0.25, 0.3) is 5.91 Å². The number of nitrogens with zero attached hydrogens (tertiary/aromatic N) is 3. The lowest BCUT2D eigenvalue weighted by atomic mass is 10.1. The highest BCUT2D eigenvalue weighted by Gasteiger charge is 2.22. The average molecular weight is 400 g/mol. The van der Waals surface area contributed by atoms with Crippen molar-refractivity contribution < 1.29 is 14.1 Å². The number of likely N-dealkylation sites (N-methyl/N-ethyl adjacent to an activating group) is 1. The lowest BCUT2D eigenvalue weighted by molar-refractivity contribution is -0.137. The fraction of sp³-hybridized carbons (Fsp3) is 0.286. The van der Waals surface area contributed by atoms with E-state index in [-0.39, 0.29) is 12.5 Å². The Morgan fingerprint density at radius 1 is 1.21 bits per heavy atom. The van der Waals surface area contributed by atoms with Crippen LogP contribution < -0.4 is 4.74 Å². The van der Waals surface area contributed by atoms with Crippen molar-refractivity contribution in [1.29, 1.82) is 0 Å². The van der Waals surface area contributed by atoms with Gasteiger partial charge in [-0.3, -0.25) is 4.79 Å². The highest BCUT2D eigenvalue weighted by molar-refractivity contribution is 6.33. The molecule has 0 spiro atoms. The van der Waals surface area contributed by atoms with Crippen molar-refractivity contribution in [1.82, 2.24) is 15.0 Å². The van der Waals surface area contributed by atoms with Gasteiger partial charge in [-0.15, -0.1) is 0 Å². The van der Waals surface area contributed by atoms with Crippen molar-refractivity contribution >= 4 is 17.5 Å². The van der Waals surface area contributed by atoms with Gasteiger partial charge in [0.1, 0.15) is 5.75 Å². The van der Waals surface area contributed by atoms with Gasteiger partial charge in [-0.25, -0.2) is 0 Å². The SMILES string of the molecule is Cc1cccc(OC(C)C(=O)N(C)Cc2nc(-c3ccccc3Cl)no2)c1C. The molecular formula is C21H22ClN3O3. The van der Waals surface area contributed by atoms with Gasteiger partial charge in [0.2, 0.25) is 11.7 Å². The molecule has 146 valence electrons. The standard InChI is InChI=1S/C21H22ClN3O3/c1-13-8-7-11-18(14(13)2)27-15(3)21(26)25(4)12-19-23-20(24-28-19)16-9-5-6-10-17(16)22/h5-11,15H,12H2,1-4H3. The highest BCUT2D eigenvalue weighted by Crippen LogP contribution is 2.25. The molecule has 3 rings (SSSR count). The summed E-state index contributed by atoms with van der Waals surface area (Å²) in [6.07, 6.45) is -0.642. The molecule has 1 unspecified atom stereocenters. The summed E-state index contributed by atoms with van der Waals surface area (Å²) in [5.74, 6) is 1.23. The fourth-order valence-electron chi connectivity index (χ4n) is 2.75. The summed E-state index contributed by atoms with van der Waals surface area (Å²) in [5.41, 5.74) is 2.81. The maximum atomic E-state index is 12.7. The van der Waals surface area contributed by atoms with Gasteiger partial charge < -0.3 is 14.2 Å². The summed E-state index contributed by atoms with van der Waals surface area (Å²) in [6.45, 7) is 5.88. The molecule has 6 nitrogen and oxygen atoms in total. The van der Waals surface area contributed by atoms with E-state index in [4.69, 9.17) is 20.9 Å². The molecule has 7 heteroatoms. The van der Waals surface area contributed by atoms with Crippen molar-refractivity contribution in [2.24, 2.45) is 0 Å². The molecule has 0 saturated carbocycles. The van der Waals surface area contributed by atoms with E-state index < -0.39 is 6.10 Å². The molecule has 3 aromatic rings. The molecule has 0 bridgehead atoms. The van der Waals surface area contributed by atoms with E-state index in [0.29, 0.717) is 28.1 Å². The number of benzene rings is 2. The zero-order valence-corrected chi connectivity index (χ0v) is 17.0. The minimum Gasteiger partial charge on any atom is -0.481 e. The molecule has 0 saturated heterocycles. The third-order valence-corrected chi connectivity index (χ3v) is 4.87. The zero-order chi connectivity index (χ0) is 20.3. The molecule has 0 radical (unpaired) electrons. The summed E-state index contributed by atoms with van der Waals surface area (Å²) in [6, 6.07) is 13.0. The highest BCUT2D eigenvalue weighted by atomic mass is 35.5. The number of aromatic nitrogens is 2. The van der Waals surface area contributed by atoms with Crippen LogP contribution in [0.25, 0.3) is 11.4 Å². The number of halogens is 1. The first-order chi connectivity index (χ1) is 13.4. The van der Waals surface area contributed by atoms with E-state index in [1.165, 1.54) is 4.90 Å². The van der Waals surface area contributed by atoms with Crippen LogP contribution in [-0.4, -0.2) is 34.1 Å². The van der Waals surface area contributed by atoms with Crippen LogP contribution in [0.3, 0.4) is 0 Å². The number of carbonyl (C=O) groups excluding carboxylic acids is 1. The maximum absolute atomic E-state index is 12.7. The van der Waals surface area contributed by atoms with Gasteiger partial charge >= 0.3 is 0 Å². The van der Waals surface area contributed by atoms with Gasteiger partial charge in [0.15, 0.2) is 6.10 Å². The molecule has 1 aromatic heterocycles. The van der Waals surface area contributed by atoms with Gasteiger partial charge in [0.05, 0.1) is 11.6 Å². The molecule has 0 N–H and O–H groups in total. The van der Waals surface area contributed by atoms with E-state index in [1.807, 2.05) is 50.2 Å². The molecule has 1 amide bonds. The van der Waals surface area contributed by atoms with E-state index in [9.17, 15) is 4.79 Å². The Kier molecular flexibility index (Phi) is 5.99. The number of hydrogen-bond acceptors (Lipinski definition) is 5. The van der Waals surface area contributed by atoms with E-state index >= 15 is 0 Å². The van der Waals surface area contributed by atoms with Crippen LogP contribution in [0.4, 0.5) is 0 Å². The molecular weight excluding hydrogens is 378 g/mol. The van der Waals surface area contributed by atoms with Crippen LogP contribution in [0.15, 0.2) is 47.0 Å². The fourth-order valence-corrected chi connectivity index (χ4v) is 2.98. The minimum atomic E-state index is -0.642. The second kappa shape index (κ2) is 8.44. The largest absolute Gasteiger partial charge is 0.481 e. The van der Waals surface area contributed by atoms with Crippen LogP contribution in [0.2, 0.25) is 5.02 Å². The van der Waals surface area contributed by atoms with E-state index in [0.717, 1.165) is 11.1 Å². The zero-order valence-electron chi connectivity index (χ0n) is 16.3. The number of carbonyl (C=O) groups is 1. The summed E-state index contributed by atoms with van der Waals surface area (Å²) >= 11 is 6.16. The Balaban J connectivity index is 1.66. The first-order valence-electron chi connectivity index (χ1n) is 8.92. The Bertz CT molecular complexity index is 987. The third kappa shape index (κ3) is 4.34. The first-order valence-corrected chi connectivity index (χ1v) is 9.30. The lowest BCUT2D eigenvalue weighted by Crippen LogP contribution is -2.37. The molecule has 28 heavy (non-hydrogen) atoms. The molecule has 0 fully saturated rings. The summed E-state index contributed by atoms with van der Waals surface area (Å²) in [5, 5.41) is 4.49. The summed E-state index contributed by atoms with van der Waals surface area (Å²) < 4.78 is 11.1. The topological polar surface area (TPSA) is 68.5 Å². The van der Waals surface area contributed by atoms with E-state index in [2.05, 4.69) is 10.1 Å². The first kappa shape index (κ1) is 19.9. The Hall–Kier alpha value is -2.86. The Morgan fingerprint density at radius 3 is 2.71 bits per heavy atom. The van der Waals surface area contributed by atoms with Crippen LogP contribution in [0.5, 0.6) is 5.75 Å². The summed E-state index contributed by atoms with van der Waals surface area (Å²) in [7, 11) is 1.67. The molecule has 0 aliphatic rings. The van der Waals surface area contributed by atoms with Gasteiger partial charge in [-0.1, -0.05) is 41.0 Å². The second-order valence-electron chi connectivity index (χ2n) is 6.64. The van der Waals surface area contributed by atoms with E-state index in [1.54, 1.807) is 20.0 Å². The number of rotatable bonds is 6. The van der Waals surface area contributed by atoms with Crippen LogP contribution in [0.1, 0.15) is 23.9 Å². The van der Waals surface area contributed by atoms with Crippen LogP contribution in [-0.2, 0) is 11.3 Å². The normalized spacial score (nSPS) is 11.9.